The van der Waals surface area contributed by atoms with Gasteiger partial charge in [-0.3, -0.25) is 4.79 Å². The highest BCUT2D eigenvalue weighted by atomic mass is 16.5. The van der Waals surface area contributed by atoms with E-state index in [2.05, 4.69) is 0 Å². The molecular weight excluding hydrogens is 262 g/mol. The number of ether oxygens (including phenoxy) is 1. The van der Waals surface area contributed by atoms with E-state index in [1.165, 1.54) is 0 Å². The Morgan fingerprint density at radius 1 is 1.00 bits per heavy atom. The second-order valence-corrected chi connectivity index (χ2v) is 5.31. The minimum atomic E-state index is -0.239. The van der Waals surface area contributed by atoms with Crippen molar-refractivity contribution in [2.75, 3.05) is 20.6 Å². The van der Waals surface area contributed by atoms with Crippen molar-refractivity contribution in [3.05, 3.63) is 71.8 Å². The third-order valence-corrected chi connectivity index (χ3v) is 3.17. The van der Waals surface area contributed by atoms with Gasteiger partial charge in [-0.25, -0.2) is 0 Å². The van der Waals surface area contributed by atoms with E-state index < -0.39 is 0 Å². The highest BCUT2D eigenvalue weighted by Crippen LogP contribution is 2.19. The summed E-state index contributed by atoms with van der Waals surface area (Å²) >= 11 is 0. The van der Waals surface area contributed by atoms with Crippen LogP contribution in [0.15, 0.2) is 60.7 Å². The van der Waals surface area contributed by atoms with Crippen LogP contribution in [0.4, 0.5) is 0 Å². The number of likely N-dealkylation sites (N-methyl/N-ethyl adjacent to an activating group) is 1. The molecule has 0 saturated carbocycles. The molecule has 0 aromatic heterocycles. The van der Waals surface area contributed by atoms with Gasteiger partial charge in [0, 0.05) is 6.54 Å². The lowest BCUT2D eigenvalue weighted by Gasteiger charge is -2.22. The highest BCUT2D eigenvalue weighted by Gasteiger charge is 2.17. The van der Waals surface area contributed by atoms with Crippen LogP contribution < -0.4 is 0 Å². The first kappa shape index (κ1) is 15.3. The van der Waals surface area contributed by atoms with Crippen molar-refractivity contribution in [2.45, 2.75) is 12.5 Å². The number of carbonyl (C=O) groups is 1. The van der Waals surface area contributed by atoms with Crippen LogP contribution >= 0.6 is 0 Å². The molecule has 3 heteroatoms. The maximum atomic E-state index is 12.1. The molecule has 21 heavy (non-hydrogen) atoms. The third-order valence-electron chi connectivity index (χ3n) is 3.17. The standard InChI is InChI=1S/C18H21NO2/c1-19(2)14-17(16-11-7-4-8-12-16)21-18(20)13-15-9-5-3-6-10-15/h3-12,17H,13-14H2,1-2H3. The Labute approximate surface area is 126 Å². The molecule has 0 heterocycles. The van der Waals surface area contributed by atoms with Gasteiger partial charge in [0.15, 0.2) is 0 Å². The third kappa shape index (κ3) is 5.04. The first-order valence-corrected chi connectivity index (χ1v) is 7.08. The second-order valence-electron chi connectivity index (χ2n) is 5.31. The van der Waals surface area contributed by atoms with Crippen LogP contribution in [0.25, 0.3) is 0 Å². The zero-order chi connectivity index (χ0) is 15.1. The van der Waals surface area contributed by atoms with Gasteiger partial charge >= 0.3 is 5.97 Å². The average Bonchev–Trinajstić information content (AvgIpc) is 2.48. The lowest BCUT2D eigenvalue weighted by Crippen LogP contribution is -2.25. The highest BCUT2D eigenvalue weighted by molar-refractivity contribution is 5.72. The molecule has 3 nitrogen and oxygen atoms in total. The van der Waals surface area contributed by atoms with Crippen LogP contribution in [0.5, 0.6) is 0 Å². The van der Waals surface area contributed by atoms with Crippen molar-refractivity contribution in [3.63, 3.8) is 0 Å². The predicted octanol–water partition coefficient (Wildman–Crippen LogP) is 3.08. The molecule has 110 valence electrons. The molecule has 0 aliphatic carbocycles. The lowest BCUT2D eigenvalue weighted by molar-refractivity contribution is -0.149. The Morgan fingerprint density at radius 2 is 1.57 bits per heavy atom. The summed E-state index contributed by atoms with van der Waals surface area (Å²) in [6.07, 6.45) is 0.0647. The van der Waals surface area contributed by atoms with Crippen molar-refractivity contribution in [2.24, 2.45) is 0 Å². The van der Waals surface area contributed by atoms with Crippen molar-refractivity contribution in [1.29, 1.82) is 0 Å². The number of nitrogens with zero attached hydrogens (tertiary/aromatic N) is 1. The maximum absolute atomic E-state index is 12.1. The van der Waals surface area contributed by atoms with Gasteiger partial charge in [-0.2, -0.15) is 0 Å². The molecule has 0 aliphatic rings. The first-order chi connectivity index (χ1) is 10.1. The molecule has 1 unspecified atom stereocenters. The number of carbonyl (C=O) groups excluding carboxylic acids is 1. The summed E-state index contributed by atoms with van der Waals surface area (Å²) in [4.78, 5) is 14.2. The molecule has 0 saturated heterocycles. The first-order valence-electron chi connectivity index (χ1n) is 7.08. The monoisotopic (exact) mass is 283 g/mol. The smallest absolute Gasteiger partial charge is 0.310 e. The topological polar surface area (TPSA) is 29.5 Å². The molecule has 2 aromatic rings. The number of hydrogen-bond acceptors (Lipinski definition) is 3. The van der Waals surface area contributed by atoms with Crippen LogP contribution in [-0.4, -0.2) is 31.5 Å². The fraction of sp³-hybridized carbons (Fsp3) is 0.278. The molecular formula is C18H21NO2. The van der Waals surface area contributed by atoms with Gasteiger partial charge in [-0.1, -0.05) is 60.7 Å². The van der Waals surface area contributed by atoms with Gasteiger partial charge in [-0.05, 0) is 25.2 Å². The predicted molar refractivity (Wildman–Crippen MR) is 84.0 cm³/mol. The Morgan fingerprint density at radius 3 is 2.14 bits per heavy atom. The SMILES string of the molecule is CN(C)CC(OC(=O)Cc1ccccc1)c1ccccc1. The van der Waals surface area contributed by atoms with Crippen molar-refractivity contribution >= 4 is 5.97 Å². The number of esters is 1. The Kier molecular flexibility index (Phi) is 5.52. The van der Waals surface area contributed by atoms with Crippen molar-refractivity contribution < 1.29 is 9.53 Å². The van der Waals surface area contributed by atoms with Crippen LogP contribution in [0.3, 0.4) is 0 Å². The fourth-order valence-electron chi connectivity index (χ4n) is 2.17. The number of rotatable bonds is 6. The molecule has 1 atom stereocenters. The normalized spacial score (nSPS) is 12.1. The Balaban J connectivity index is 2.03. The fourth-order valence-corrected chi connectivity index (χ4v) is 2.17. The number of benzene rings is 2. The maximum Gasteiger partial charge on any atom is 0.310 e. The Bertz CT molecular complexity index is 552. The van der Waals surface area contributed by atoms with Crippen LogP contribution in [0.2, 0.25) is 0 Å². The van der Waals surface area contributed by atoms with Crippen molar-refractivity contribution in [1.82, 2.24) is 4.90 Å². The molecule has 0 spiro atoms. The van der Waals surface area contributed by atoms with Crippen LogP contribution in [0.1, 0.15) is 17.2 Å². The van der Waals surface area contributed by atoms with Crippen LogP contribution in [0, 0.1) is 0 Å². The molecule has 0 bridgehead atoms. The summed E-state index contributed by atoms with van der Waals surface area (Å²) in [6.45, 7) is 0.671. The van der Waals surface area contributed by atoms with E-state index in [9.17, 15) is 4.79 Å². The van der Waals surface area contributed by atoms with E-state index in [0.717, 1.165) is 11.1 Å². The zero-order valence-corrected chi connectivity index (χ0v) is 12.5. The molecule has 0 N–H and O–H groups in total. The molecule has 0 aliphatic heterocycles. The van der Waals surface area contributed by atoms with E-state index >= 15 is 0 Å². The summed E-state index contributed by atoms with van der Waals surface area (Å²) in [5.41, 5.74) is 1.99. The van der Waals surface area contributed by atoms with Gasteiger partial charge in [-0.15, -0.1) is 0 Å². The summed E-state index contributed by atoms with van der Waals surface area (Å²) in [5, 5.41) is 0. The molecule has 0 radical (unpaired) electrons. The van der Waals surface area contributed by atoms with E-state index in [1.807, 2.05) is 79.7 Å². The van der Waals surface area contributed by atoms with Crippen LogP contribution in [-0.2, 0) is 16.0 Å². The van der Waals surface area contributed by atoms with E-state index in [4.69, 9.17) is 4.74 Å². The number of hydrogen-bond donors (Lipinski definition) is 0. The molecule has 0 fully saturated rings. The van der Waals surface area contributed by atoms with Gasteiger partial charge in [0.1, 0.15) is 6.10 Å². The minimum Gasteiger partial charge on any atom is -0.456 e. The molecule has 0 amide bonds. The van der Waals surface area contributed by atoms with Crippen molar-refractivity contribution in [3.8, 4) is 0 Å². The Hall–Kier alpha value is -2.13. The quantitative estimate of drug-likeness (QED) is 0.763. The van der Waals surface area contributed by atoms with E-state index in [1.54, 1.807) is 0 Å². The van der Waals surface area contributed by atoms with E-state index in [-0.39, 0.29) is 12.1 Å². The summed E-state index contributed by atoms with van der Waals surface area (Å²) in [6, 6.07) is 19.5. The summed E-state index contributed by atoms with van der Waals surface area (Å²) < 4.78 is 5.67. The van der Waals surface area contributed by atoms with Gasteiger partial charge < -0.3 is 9.64 Å². The second kappa shape index (κ2) is 7.60. The van der Waals surface area contributed by atoms with Gasteiger partial charge in [0.25, 0.3) is 0 Å². The summed E-state index contributed by atoms with van der Waals surface area (Å²) in [5.74, 6) is -0.197. The largest absolute Gasteiger partial charge is 0.456 e. The van der Waals surface area contributed by atoms with E-state index in [0.29, 0.717) is 13.0 Å². The zero-order valence-electron chi connectivity index (χ0n) is 12.5. The minimum absolute atomic E-state index is 0.197. The average molecular weight is 283 g/mol. The van der Waals surface area contributed by atoms with Gasteiger partial charge in [0.05, 0.1) is 6.42 Å². The molecule has 2 aromatic carbocycles. The summed E-state index contributed by atoms with van der Waals surface area (Å²) in [7, 11) is 3.95. The lowest BCUT2D eigenvalue weighted by atomic mass is 10.1. The van der Waals surface area contributed by atoms with Gasteiger partial charge in [0.2, 0.25) is 0 Å². The molecule has 2 rings (SSSR count).